The van der Waals surface area contributed by atoms with Gasteiger partial charge in [0.05, 0.1) is 0 Å². The fourth-order valence-electron chi connectivity index (χ4n) is 0.444. The Labute approximate surface area is 69.6 Å². The summed E-state index contributed by atoms with van der Waals surface area (Å²) in [4.78, 5) is 3.77. The van der Waals surface area contributed by atoms with Gasteiger partial charge in [0.25, 0.3) is 0 Å². The van der Waals surface area contributed by atoms with Gasteiger partial charge in [0.2, 0.25) is 0 Å². The minimum Gasteiger partial charge on any atom is -0.287 e. The minimum absolute atomic E-state index is 0.428. The smallest absolute Gasteiger partial charge is 0.120 e. The van der Waals surface area contributed by atoms with Crippen molar-refractivity contribution in [3.05, 3.63) is 12.7 Å². The van der Waals surface area contributed by atoms with Crippen molar-refractivity contribution in [1.82, 2.24) is 0 Å². The molecule has 0 bridgehead atoms. The fourth-order valence-corrected chi connectivity index (χ4v) is 0.444. The molecule has 11 heavy (non-hydrogen) atoms. The highest BCUT2D eigenvalue weighted by atomic mass is 14.8. The number of hydrogen-bond acceptors (Lipinski definition) is 1. The first-order chi connectivity index (χ1) is 5.31. The molecule has 0 rings (SSSR count). The van der Waals surface area contributed by atoms with Crippen molar-refractivity contribution >= 4 is 12.1 Å². The van der Waals surface area contributed by atoms with Gasteiger partial charge in [-0.25, -0.2) is 4.99 Å². The highest BCUT2D eigenvalue weighted by Crippen LogP contribution is 1.88. The summed E-state index contributed by atoms with van der Waals surface area (Å²) in [7, 11) is 0. The number of nitrogens with one attached hydrogen (secondary N) is 1. The van der Waals surface area contributed by atoms with Gasteiger partial charge in [-0.2, -0.15) is 0 Å². The molecular weight excluding hydrogens is 136 g/mol. The molecule has 0 aromatic heterocycles. The molecule has 1 N–H and O–H groups in total. The van der Waals surface area contributed by atoms with Crippen LogP contribution in [-0.2, 0) is 0 Å². The van der Waals surface area contributed by atoms with Crippen LogP contribution in [-0.4, -0.2) is 12.1 Å². The Balaban J connectivity index is 0. The van der Waals surface area contributed by atoms with E-state index in [2.05, 4.69) is 11.6 Å². The zero-order valence-corrected chi connectivity index (χ0v) is 7.72. The van der Waals surface area contributed by atoms with Gasteiger partial charge in [-0.05, 0) is 6.42 Å². The van der Waals surface area contributed by atoms with Crippen LogP contribution in [0.2, 0.25) is 0 Å². The summed E-state index contributed by atoms with van der Waals surface area (Å²) in [6.45, 7) is 9.47. The van der Waals surface area contributed by atoms with Crippen LogP contribution in [0.25, 0.3) is 0 Å². The molecule has 0 aliphatic rings. The van der Waals surface area contributed by atoms with E-state index in [1.54, 1.807) is 6.08 Å². The van der Waals surface area contributed by atoms with Crippen LogP contribution in [0.15, 0.2) is 17.6 Å². The second-order valence-corrected chi connectivity index (χ2v) is 1.71. The van der Waals surface area contributed by atoms with Gasteiger partial charge in [0, 0.05) is 12.6 Å². The van der Waals surface area contributed by atoms with Gasteiger partial charge in [-0.1, -0.05) is 33.4 Å². The van der Waals surface area contributed by atoms with Gasteiger partial charge < -0.3 is 0 Å². The molecule has 0 fully saturated rings. The van der Waals surface area contributed by atoms with Crippen molar-refractivity contribution in [3.63, 3.8) is 0 Å². The SMILES string of the molecule is C=CC=NC(=N)CCC.CC. The lowest BCUT2D eigenvalue weighted by Crippen LogP contribution is -1.88. The predicted octanol–water partition coefficient (Wildman–Crippen LogP) is 3.05. The quantitative estimate of drug-likeness (QED) is 0.479. The van der Waals surface area contributed by atoms with Gasteiger partial charge in [0.1, 0.15) is 5.84 Å². The lowest BCUT2D eigenvalue weighted by atomic mass is 10.3. The van der Waals surface area contributed by atoms with Crippen molar-refractivity contribution < 1.29 is 0 Å². The molecule has 64 valence electrons. The van der Waals surface area contributed by atoms with E-state index in [1.807, 2.05) is 20.8 Å². The molecule has 0 aliphatic heterocycles. The molecule has 2 nitrogen and oxygen atoms in total. The third kappa shape index (κ3) is 12.3. The van der Waals surface area contributed by atoms with Crippen LogP contribution < -0.4 is 0 Å². The van der Waals surface area contributed by atoms with Crippen molar-refractivity contribution in [3.8, 4) is 0 Å². The second-order valence-electron chi connectivity index (χ2n) is 1.71. The highest BCUT2D eigenvalue weighted by molar-refractivity contribution is 5.89. The van der Waals surface area contributed by atoms with E-state index < -0.39 is 0 Å². The summed E-state index contributed by atoms with van der Waals surface area (Å²) in [5.41, 5.74) is 0. The number of rotatable bonds is 3. The summed E-state index contributed by atoms with van der Waals surface area (Å²) in [6, 6.07) is 0. The Morgan fingerprint density at radius 2 is 2.09 bits per heavy atom. The lowest BCUT2D eigenvalue weighted by molar-refractivity contribution is 0.977. The molecule has 0 atom stereocenters. The Morgan fingerprint density at radius 1 is 1.55 bits per heavy atom. The molecular formula is C9H18N2. The monoisotopic (exact) mass is 154 g/mol. The molecule has 0 spiro atoms. The van der Waals surface area contributed by atoms with Gasteiger partial charge in [-0.15, -0.1) is 0 Å². The van der Waals surface area contributed by atoms with E-state index in [-0.39, 0.29) is 0 Å². The summed E-state index contributed by atoms with van der Waals surface area (Å²) >= 11 is 0. The summed E-state index contributed by atoms with van der Waals surface area (Å²) in [5.74, 6) is 0.428. The molecule has 0 saturated carbocycles. The Kier molecular flexibility index (Phi) is 13.7. The molecule has 0 radical (unpaired) electrons. The molecule has 0 amide bonds. The first-order valence-electron chi connectivity index (χ1n) is 4.03. The van der Waals surface area contributed by atoms with E-state index in [4.69, 9.17) is 5.41 Å². The maximum absolute atomic E-state index is 7.15. The van der Waals surface area contributed by atoms with Crippen LogP contribution in [0.1, 0.15) is 33.6 Å². The number of allylic oxidation sites excluding steroid dienone is 1. The maximum atomic E-state index is 7.15. The predicted molar refractivity (Wildman–Crippen MR) is 52.7 cm³/mol. The molecule has 0 aromatic rings. The summed E-state index contributed by atoms with van der Waals surface area (Å²) in [6.07, 6.45) is 4.85. The van der Waals surface area contributed by atoms with Gasteiger partial charge in [0.15, 0.2) is 0 Å². The van der Waals surface area contributed by atoms with Crippen LogP contribution in [0, 0.1) is 5.41 Å². The summed E-state index contributed by atoms with van der Waals surface area (Å²) < 4.78 is 0. The zero-order valence-electron chi connectivity index (χ0n) is 7.72. The normalized spacial score (nSPS) is 8.64. The van der Waals surface area contributed by atoms with Crippen LogP contribution in [0.4, 0.5) is 0 Å². The Morgan fingerprint density at radius 3 is 2.45 bits per heavy atom. The third-order valence-electron chi connectivity index (χ3n) is 0.823. The van der Waals surface area contributed by atoms with Crippen LogP contribution >= 0.6 is 0 Å². The molecule has 2 heteroatoms. The topological polar surface area (TPSA) is 36.2 Å². The summed E-state index contributed by atoms with van der Waals surface area (Å²) in [5, 5.41) is 7.15. The van der Waals surface area contributed by atoms with E-state index in [1.165, 1.54) is 6.21 Å². The lowest BCUT2D eigenvalue weighted by Gasteiger charge is -1.89. The largest absolute Gasteiger partial charge is 0.287 e. The average Bonchev–Trinajstić information content (AvgIpc) is 2.05. The number of aliphatic imine (C=N–C) groups is 1. The van der Waals surface area contributed by atoms with Crippen molar-refractivity contribution in [2.75, 3.05) is 0 Å². The van der Waals surface area contributed by atoms with Crippen LogP contribution in [0.5, 0.6) is 0 Å². The van der Waals surface area contributed by atoms with Crippen LogP contribution in [0.3, 0.4) is 0 Å². The molecule has 0 aromatic carbocycles. The minimum atomic E-state index is 0.428. The molecule has 0 unspecified atom stereocenters. The first-order valence-corrected chi connectivity index (χ1v) is 4.03. The number of amidine groups is 1. The molecule has 0 heterocycles. The molecule has 0 aliphatic carbocycles. The van der Waals surface area contributed by atoms with Gasteiger partial charge in [-0.3, -0.25) is 5.41 Å². The maximum Gasteiger partial charge on any atom is 0.120 e. The number of nitrogens with zero attached hydrogens (tertiary/aromatic N) is 1. The van der Waals surface area contributed by atoms with E-state index in [0.717, 1.165) is 12.8 Å². The fraction of sp³-hybridized carbons (Fsp3) is 0.556. The van der Waals surface area contributed by atoms with Crippen molar-refractivity contribution in [1.29, 1.82) is 5.41 Å². The standard InChI is InChI=1S/C7H12N2.C2H6/c1-3-5-7(8)9-6-4-2;1-2/h4,6,8H,2-3,5H2,1H3;1-2H3. The van der Waals surface area contributed by atoms with E-state index >= 15 is 0 Å². The molecule has 0 saturated heterocycles. The van der Waals surface area contributed by atoms with Crippen molar-refractivity contribution in [2.45, 2.75) is 33.6 Å². The number of hydrogen-bond donors (Lipinski definition) is 1. The average molecular weight is 154 g/mol. The van der Waals surface area contributed by atoms with E-state index in [0.29, 0.717) is 5.84 Å². The zero-order chi connectivity index (χ0) is 9.11. The Bertz CT molecular complexity index is 126. The van der Waals surface area contributed by atoms with Crippen molar-refractivity contribution in [2.24, 2.45) is 4.99 Å². The first kappa shape index (κ1) is 12.7. The van der Waals surface area contributed by atoms with Gasteiger partial charge >= 0.3 is 0 Å². The Hall–Kier alpha value is -0.920. The third-order valence-corrected chi connectivity index (χ3v) is 0.823. The highest BCUT2D eigenvalue weighted by Gasteiger charge is 1.85. The second kappa shape index (κ2) is 11.8. The van der Waals surface area contributed by atoms with E-state index in [9.17, 15) is 0 Å².